The highest BCUT2D eigenvalue weighted by molar-refractivity contribution is 7.92. The second-order valence-corrected chi connectivity index (χ2v) is 9.80. The second kappa shape index (κ2) is 8.78. The van der Waals surface area contributed by atoms with E-state index < -0.39 is 21.5 Å². The average Bonchev–Trinajstić information content (AvgIpc) is 3.17. The molecule has 0 radical (unpaired) electrons. The van der Waals surface area contributed by atoms with E-state index in [0.29, 0.717) is 30.9 Å². The molecule has 0 saturated heterocycles. The molecule has 0 unspecified atom stereocenters. The first-order chi connectivity index (χ1) is 13.3. The lowest BCUT2D eigenvalue weighted by Gasteiger charge is -2.13. The molecule has 2 aromatic rings. The van der Waals surface area contributed by atoms with Crippen LogP contribution in [-0.4, -0.2) is 25.3 Å². The predicted octanol–water partition coefficient (Wildman–Crippen LogP) is 4.18. The molecular formula is C22H27NO4S. The Labute approximate surface area is 167 Å². The van der Waals surface area contributed by atoms with Gasteiger partial charge < -0.3 is 10.1 Å². The van der Waals surface area contributed by atoms with Crippen LogP contribution in [0.5, 0.6) is 5.75 Å². The maximum absolute atomic E-state index is 12.3. The molecule has 0 atom stereocenters. The van der Waals surface area contributed by atoms with Crippen LogP contribution in [0.4, 0.5) is 5.69 Å². The molecule has 28 heavy (non-hydrogen) atoms. The van der Waals surface area contributed by atoms with E-state index in [1.54, 1.807) is 12.1 Å². The summed E-state index contributed by atoms with van der Waals surface area (Å²) in [5, 5.41) is 2.36. The number of ether oxygens (including phenoxy) is 1. The van der Waals surface area contributed by atoms with E-state index in [-0.39, 0.29) is 5.25 Å². The number of carbonyl (C=O) groups is 1. The number of carbonyl (C=O) groups excluding carboxylic acids is 1. The summed E-state index contributed by atoms with van der Waals surface area (Å²) in [6.45, 7) is 4.37. The Balaban J connectivity index is 1.58. The number of benzene rings is 2. The molecule has 0 aromatic heterocycles. The van der Waals surface area contributed by atoms with Crippen molar-refractivity contribution in [1.29, 1.82) is 0 Å². The molecule has 0 spiro atoms. The Morgan fingerprint density at radius 1 is 1.11 bits per heavy atom. The van der Waals surface area contributed by atoms with Crippen LogP contribution in [0.3, 0.4) is 0 Å². The minimum atomic E-state index is -3.38. The van der Waals surface area contributed by atoms with Gasteiger partial charge in [-0.05, 0) is 56.0 Å². The first-order valence-corrected chi connectivity index (χ1v) is 11.4. The highest BCUT2D eigenvalue weighted by atomic mass is 32.2. The van der Waals surface area contributed by atoms with Crippen LogP contribution < -0.4 is 10.1 Å². The standard InChI is InChI=1S/C22H27NO4S/c1-16-6-5-7-18(12-16)14-27-19-10-11-21(17(2)13-19)23-22(24)15-28(25,26)20-8-3-4-9-20/h5-7,10-13,20H,3-4,8-9,14-15H2,1-2H3,(H,23,24). The molecule has 2 aromatic carbocycles. The highest BCUT2D eigenvalue weighted by Crippen LogP contribution is 2.26. The van der Waals surface area contributed by atoms with Gasteiger partial charge in [-0.2, -0.15) is 0 Å². The lowest BCUT2D eigenvalue weighted by Crippen LogP contribution is -2.29. The van der Waals surface area contributed by atoms with Gasteiger partial charge in [0.1, 0.15) is 18.1 Å². The van der Waals surface area contributed by atoms with E-state index in [2.05, 4.69) is 11.4 Å². The number of sulfone groups is 1. The minimum absolute atomic E-state index is 0.364. The zero-order valence-corrected chi connectivity index (χ0v) is 17.2. The summed E-state index contributed by atoms with van der Waals surface area (Å²) in [6, 6.07) is 13.5. The largest absolute Gasteiger partial charge is 0.489 e. The second-order valence-electron chi connectivity index (χ2n) is 7.52. The Kier molecular flexibility index (Phi) is 6.39. The molecule has 6 heteroatoms. The van der Waals surface area contributed by atoms with E-state index in [1.807, 2.05) is 38.1 Å². The lowest BCUT2D eigenvalue weighted by molar-refractivity contribution is -0.113. The number of hydrogen-bond donors (Lipinski definition) is 1. The van der Waals surface area contributed by atoms with Gasteiger partial charge in [-0.3, -0.25) is 4.79 Å². The van der Waals surface area contributed by atoms with Gasteiger partial charge in [-0.15, -0.1) is 0 Å². The van der Waals surface area contributed by atoms with E-state index in [1.165, 1.54) is 5.56 Å². The number of rotatable bonds is 7. The van der Waals surface area contributed by atoms with Gasteiger partial charge in [-0.1, -0.05) is 42.7 Å². The van der Waals surface area contributed by atoms with Gasteiger partial charge in [-0.25, -0.2) is 8.42 Å². The van der Waals surface area contributed by atoms with Crippen molar-refractivity contribution in [2.24, 2.45) is 0 Å². The molecule has 150 valence electrons. The maximum atomic E-state index is 12.3. The third kappa shape index (κ3) is 5.35. The minimum Gasteiger partial charge on any atom is -0.489 e. The normalized spacial score (nSPS) is 14.8. The number of nitrogens with one attached hydrogen (secondary N) is 1. The van der Waals surface area contributed by atoms with Crippen molar-refractivity contribution >= 4 is 21.4 Å². The molecule has 0 heterocycles. The SMILES string of the molecule is Cc1cccc(COc2ccc(NC(=O)CS(=O)(=O)C3CCCC3)c(C)c2)c1. The van der Waals surface area contributed by atoms with Crippen molar-refractivity contribution in [3.8, 4) is 5.75 Å². The Morgan fingerprint density at radius 3 is 2.54 bits per heavy atom. The first-order valence-electron chi connectivity index (χ1n) is 9.64. The summed E-state index contributed by atoms with van der Waals surface area (Å²) in [6.07, 6.45) is 3.19. The fourth-order valence-corrected chi connectivity index (χ4v) is 5.29. The number of hydrogen-bond acceptors (Lipinski definition) is 4. The highest BCUT2D eigenvalue weighted by Gasteiger charge is 2.30. The average molecular weight is 402 g/mol. The van der Waals surface area contributed by atoms with E-state index in [4.69, 9.17) is 4.74 Å². The van der Waals surface area contributed by atoms with Crippen molar-refractivity contribution in [2.45, 2.75) is 51.4 Å². The molecule has 1 N–H and O–H groups in total. The van der Waals surface area contributed by atoms with Gasteiger partial charge in [0.05, 0.1) is 5.25 Å². The third-order valence-corrected chi connectivity index (χ3v) is 7.25. The molecule has 0 bridgehead atoms. The molecule has 5 nitrogen and oxygen atoms in total. The third-order valence-electron chi connectivity index (χ3n) is 5.10. The van der Waals surface area contributed by atoms with Crippen LogP contribution >= 0.6 is 0 Å². The van der Waals surface area contributed by atoms with Gasteiger partial charge in [0.15, 0.2) is 9.84 Å². The topological polar surface area (TPSA) is 72.5 Å². The van der Waals surface area contributed by atoms with Crippen LogP contribution in [0, 0.1) is 13.8 Å². The van der Waals surface area contributed by atoms with Crippen LogP contribution in [0.15, 0.2) is 42.5 Å². The van der Waals surface area contributed by atoms with Crippen LogP contribution in [0.25, 0.3) is 0 Å². The number of anilines is 1. The Morgan fingerprint density at radius 2 is 1.86 bits per heavy atom. The van der Waals surface area contributed by atoms with Crippen LogP contribution in [0.2, 0.25) is 0 Å². The Bertz CT molecular complexity index is 947. The van der Waals surface area contributed by atoms with E-state index >= 15 is 0 Å². The summed E-state index contributed by atoms with van der Waals surface area (Å²) < 4.78 is 30.5. The molecular weight excluding hydrogens is 374 g/mol. The first kappa shape index (κ1) is 20.4. The zero-order valence-electron chi connectivity index (χ0n) is 16.4. The fourth-order valence-electron chi connectivity index (χ4n) is 3.57. The molecule has 0 aliphatic heterocycles. The summed E-state index contributed by atoms with van der Waals surface area (Å²) in [5.74, 6) is -0.234. The van der Waals surface area contributed by atoms with Gasteiger partial charge in [0, 0.05) is 5.69 Å². The molecule has 1 saturated carbocycles. The zero-order chi connectivity index (χ0) is 20.1. The van der Waals surface area contributed by atoms with Crippen molar-refractivity contribution in [3.63, 3.8) is 0 Å². The summed E-state index contributed by atoms with van der Waals surface area (Å²) in [7, 11) is -3.38. The molecule has 1 fully saturated rings. The molecule has 1 aliphatic rings. The quantitative estimate of drug-likeness (QED) is 0.755. The molecule has 1 aliphatic carbocycles. The van der Waals surface area contributed by atoms with Crippen molar-refractivity contribution < 1.29 is 17.9 Å². The fraction of sp³-hybridized carbons (Fsp3) is 0.409. The lowest BCUT2D eigenvalue weighted by atomic mass is 10.1. The summed E-state index contributed by atoms with van der Waals surface area (Å²) in [4.78, 5) is 12.2. The van der Waals surface area contributed by atoms with Gasteiger partial charge in [0.2, 0.25) is 5.91 Å². The van der Waals surface area contributed by atoms with E-state index in [0.717, 1.165) is 24.0 Å². The summed E-state index contributed by atoms with van der Waals surface area (Å²) >= 11 is 0. The van der Waals surface area contributed by atoms with Gasteiger partial charge >= 0.3 is 0 Å². The Hall–Kier alpha value is -2.34. The van der Waals surface area contributed by atoms with Crippen molar-refractivity contribution in [2.75, 3.05) is 11.1 Å². The van der Waals surface area contributed by atoms with Crippen LogP contribution in [0.1, 0.15) is 42.4 Å². The number of amides is 1. The number of aryl methyl sites for hydroxylation is 2. The van der Waals surface area contributed by atoms with Crippen molar-refractivity contribution in [3.05, 3.63) is 59.2 Å². The maximum Gasteiger partial charge on any atom is 0.239 e. The summed E-state index contributed by atoms with van der Waals surface area (Å²) in [5.41, 5.74) is 3.71. The molecule has 3 rings (SSSR count). The van der Waals surface area contributed by atoms with Crippen molar-refractivity contribution in [1.82, 2.24) is 0 Å². The van der Waals surface area contributed by atoms with Crippen LogP contribution in [-0.2, 0) is 21.2 Å². The smallest absolute Gasteiger partial charge is 0.239 e. The predicted molar refractivity (Wildman–Crippen MR) is 111 cm³/mol. The monoisotopic (exact) mass is 401 g/mol. The van der Waals surface area contributed by atoms with E-state index in [9.17, 15) is 13.2 Å². The molecule has 1 amide bonds. The van der Waals surface area contributed by atoms with Gasteiger partial charge in [0.25, 0.3) is 0 Å².